The maximum atomic E-state index is 13.1. The van der Waals surface area contributed by atoms with Gasteiger partial charge >= 0.3 is 0 Å². The summed E-state index contributed by atoms with van der Waals surface area (Å²) in [5.41, 5.74) is 0.412. The summed E-state index contributed by atoms with van der Waals surface area (Å²) in [5, 5.41) is 11.9. The molecular formula is C12H17F2NO3. The van der Waals surface area contributed by atoms with Crippen LogP contribution in [0.15, 0.2) is 12.1 Å². The summed E-state index contributed by atoms with van der Waals surface area (Å²) < 4.78 is 36.2. The number of aromatic hydroxyl groups is 1. The first kappa shape index (κ1) is 14.8. The molecule has 1 rings (SSSR count). The Balaban J connectivity index is 2.48. The fraction of sp³-hybridized carbons (Fsp3) is 0.500. The van der Waals surface area contributed by atoms with Gasteiger partial charge in [0, 0.05) is 27.3 Å². The topological polar surface area (TPSA) is 50.7 Å². The molecule has 1 unspecified atom stereocenters. The third kappa shape index (κ3) is 4.21. The van der Waals surface area contributed by atoms with Crippen LogP contribution in [0.1, 0.15) is 5.56 Å². The Morgan fingerprint density at radius 2 is 1.89 bits per heavy atom. The molecule has 0 bridgehead atoms. The summed E-state index contributed by atoms with van der Waals surface area (Å²) in [6.07, 6.45) is -0.123. The minimum absolute atomic E-state index is 0.123. The normalized spacial score (nSPS) is 12.7. The number of benzene rings is 1. The third-order valence-electron chi connectivity index (χ3n) is 2.46. The second-order valence-corrected chi connectivity index (χ2v) is 3.85. The number of methoxy groups -OCH3 is 2. The molecule has 1 atom stereocenters. The van der Waals surface area contributed by atoms with E-state index >= 15 is 0 Å². The second-order valence-electron chi connectivity index (χ2n) is 3.85. The van der Waals surface area contributed by atoms with Gasteiger partial charge in [0.05, 0.1) is 12.7 Å². The quantitative estimate of drug-likeness (QED) is 0.779. The Kier molecular flexibility index (Phi) is 5.97. The lowest BCUT2D eigenvalue weighted by atomic mass is 10.2. The molecule has 0 radical (unpaired) electrons. The van der Waals surface area contributed by atoms with Crippen molar-refractivity contribution in [3.63, 3.8) is 0 Å². The third-order valence-corrected chi connectivity index (χ3v) is 2.46. The van der Waals surface area contributed by atoms with Crippen LogP contribution in [0.5, 0.6) is 5.75 Å². The van der Waals surface area contributed by atoms with Crippen LogP contribution in [0.2, 0.25) is 0 Å². The summed E-state index contributed by atoms with van der Waals surface area (Å²) in [5.74, 6) is -2.88. The van der Waals surface area contributed by atoms with E-state index in [1.165, 1.54) is 0 Å². The maximum Gasteiger partial charge on any atom is 0.187 e. The largest absolute Gasteiger partial charge is 0.503 e. The predicted octanol–water partition coefficient (Wildman–Crippen LogP) is 1.42. The van der Waals surface area contributed by atoms with Crippen molar-refractivity contribution < 1.29 is 23.4 Å². The Labute approximate surface area is 105 Å². The zero-order valence-electron chi connectivity index (χ0n) is 10.4. The molecule has 4 nitrogen and oxygen atoms in total. The summed E-state index contributed by atoms with van der Waals surface area (Å²) in [4.78, 5) is 0. The molecular weight excluding hydrogens is 244 g/mol. The van der Waals surface area contributed by atoms with Gasteiger partial charge in [-0.05, 0) is 17.7 Å². The molecule has 6 heteroatoms. The van der Waals surface area contributed by atoms with Crippen molar-refractivity contribution in [2.75, 3.05) is 27.4 Å². The number of rotatable bonds is 7. The van der Waals surface area contributed by atoms with Crippen molar-refractivity contribution in [3.8, 4) is 5.75 Å². The molecule has 0 spiro atoms. The summed E-state index contributed by atoms with van der Waals surface area (Å²) in [6.45, 7) is 1.20. The van der Waals surface area contributed by atoms with Crippen LogP contribution in [0.4, 0.5) is 8.78 Å². The summed E-state index contributed by atoms with van der Waals surface area (Å²) in [7, 11) is 3.13. The zero-order chi connectivity index (χ0) is 13.5. The number of halogens is 2. The molecule has 0 heterocycles. The highest BCUT2D eigenvalue weighted by Crippen LogP contribution is 2.21. The van der Waals surface area contributed by atoms with Gasteiger partial charge in [0.25, 0.3) is 0 Å². The van der Waals surface area contributed by atoms with Gasteiger partial charge in [-0.25, -0.2) is 8.78 Å². The molecule has 102 valence electrons. The van der Waals surface area contributed by atoms with Gasteiger partial charge in [0.15, 0.2) is 17.4 Å². The molecule has 1 aromatic rings. The van der Waals surface area contributed by atoms with Crippen molar-refractivity contribution in [2.24, 2.45) is 0 Å². The average molecular weight is 261 g/mol. The van der Waals surface area contributed by atoms with Crippen molar-refractivity contribution in [1.82, 2.24) is 5.32 Å². The van der Waals surface area contributed by atoms with Crippen LogP contribution in [0.25, 0.3) is 0 Å². The maximum absolute atomic E-state index is 13.1. The monoisotopic (exact) mass is 261 g/mol. The van der Waals surface area contributed by atoms with Crippen LogP contribution in [0.3, 0.4) is 0 Å². The number of phenols is 1. The molecule has 0 saturated carbocycles. The molecule has 1 aromatic carbocycles. The van der Waals surface area contributed by atoms with Crippen LogP contribution < -0.4 is 5.32 Å². The molecule has 18 heavy (non-hydrogen) atoms. The first-order valence-corrected chi connectivity index (χ1v) is 5.47. The van der Waals surface area contributed by atoms with Gasteiger partial charge in [0.2, 0.25) is 0 Å². The van der Waals surface area contributed by atoms with E-state index in [1.807, 2.05) is 0 Å². The lowest BCUT2D eigenvalue weighted by Gasteiger charge is -2.15. The number of nitrogens with one attached hydrogen (secondary N) is 1. The fourth-order valence-corrected chi connectivity index (χ4v) is 1.49. The Morgan fingerprint density at radius 1 is 1.28 bits per heavy atom. The molecule has 0 amide bonds. The molecule has 0 saturated heterocycles. The molecule has 2 N–H and O–H groups in total. The molecule has 0 aliphatic heterocycles. The lowest BCUT2D eigenvalue weighted by molar-refractivity contribution is 0.0288. The standard InChI is InChI=1S/C12H17F2NO3/c1-17-7-9(18-2)6-15-5-8-3-10(13)12(16)11(14)4-8/h3-4,9,15-16H,5-7H2,1-2H3. The minimum Gasteiger partial charge on any atom is -0.503 e. The van der Waals surface area contributed by atoms with E-state index in [9.17, 15) is 8.78 Å². The molecule has 0 fully saturated rings. The van der Waals surface area contributed by atoms with Gasteiger partial charge in [-0.1, -0.05) is 0 Å². The molecule has 0 aliphatic carbocycles. The van der Waals surface area contributed by atoms with Crippen molar-refractivity contribution in [1.29, 1.82) is 0 Å². The predicted molar refractivity (Wildman–Crippen MR) is 62.4 cm³/mol. The number of hydrogen-bond donors (Lipinski definition) is 2. The highest BCUT2D eigenvalue weighted by molar-refractivity contribution is 5.29. The molecule has 0 aliphatic rings. The average Bonchev–Trinajstić information content (AvgIpc) is 2.34. The van der Waals surface area contributed by atoms with E-state index in [-0.39, 0.29) is 12.6 Å². The van der Waals surface area contributed by atoms with Crippen LogP contribution >= 0.6 is 0 Å². The number of ether oxygens (including phenoxy) is 2. The van der Waals surface area contributed by atoms with Gasteiger partial charge in [-0.3, -0.25) is 0 Å². The van der Waals surface area contributed by atoms with Crippen LogP contribution in [-0.2, 0) is 16.0 Å². The van der Waals surface area contributed by atoms with Gasteiger partial charge in [0.1, 0.15) is 0 Å². The van der Waals surface area contributed by atoms with Gasteiger partial charge < -0.3 is 19.9 Å². The number of hydrogen-bond acceptors (Lipinski definition) is 4. The van der Waals surface area contributed by atoms with Crippen molar-refractivity contribution >= 4 is 0 Å². The van der Waals surface area contributed by atoms with Crippen LogP contribution in [-0.4, -0.2) is 38.6 Å². The fourth-order valence-electron chi connectivity index (χ4n) is 1.49. The Bertz CT molecular complexity index is 365. The summed E-state index contributed by atoms with van der Waals surface area (Å²) >= 11 is 0. The van der Waals surface area contributed by atoms with E-state index < -0.39 is 17.4 Å². The Morgan fingerprint density at radius 3 is 2.39 bits per heavy atom. The minimum atomic E-state index is -0.966. The van der Waals surface area contributed by atoms with E-state index in [1.54, 1.807) is 14.2 Å². The number of phenolic OH excluding ortho intramolecular Hbond substituents is 1. The van der Waals surface area contributed by atoms with Crippen molar-refractivity contribution in [3.05, 3.63) is 29.3 Å². The zero-order valence-corrected chi connectivity index (χ0v) is 10.4. The van der Waals surface area contributed by atoms with Gasteiger partial charge in [-0.15, -0.1) is 0 Å². The summed E-state index contributed by atoms with van der Waals surface area (Å²) in [6, 6.07) is 2.17. The van der Waals surface area contributed by atoms with Gasteiger partial charge in [-0.2, -0.15) is 0 Å². The Hall–Kier alpha value is -1.24. The highest BCUT2D eigenvalue weighted by atomic mass is 19.1. The van der Waals surface area contributed by atoms with Crippen molar-refractivity contribution in [2.45, 2.75) is 12.6 Å². The van der Waals surface area contributed by atoms with Crippen LogP contribution in [0, 0.1) is 11.6 Å². The highest BCUT2D eigenvalue weighted by Gasteiger charge is 2.10. The van der Waals surface area contributed by atoms with E-state index in [2.05, 4.69) is 5.32 Å². The van der Waals surface area contributed by atoms with E-state index in [0.717, 1.165) is 12.1 Å². The first-order chi connectivity index (χ1) is 8.58. The van der Waals surface area contributed by atoms with E-state index in [4.69, 9.17) is 14.6 Å². The molecule has 0 aromatic heterocycles. The van der Waals surface area contributed by atoms with E-state index in [0.29, 0.717) is 18.7 Å². The lowest BCUT2D eigenvalue weighted by Crippen LogP contribution is -2.31. The first-order valence-electron chi connectivity index (χ1n) is 5.47. The smallest absolute Gasteiger partial charge is 0.187 e. The SMILES string of the molecule is COCC(CNCc1cc(F)c(O)c(F)c1)OC. The second kappa shape index (κ2) is 7.25.